The third-order valence-electron chi connectivity index (χ3n) is 7.97. The molecule has 7 nitrogen and oxygen atoms in total. The minimum atomic E-state index is -0.822. The Labute approximate surface area is 266 Å². The summed E-state index contributed by atoms with van der Waals surface area (Å²) >= 11 is 0. The zero-order chi connectivity index (χ0) is 32.8. The molecule has 0 aliphatic carbocycles. The lowest BCUT2D eigenvalue weighted by Crippen LogP contribution is -2.56. The first-order chi connectivity index (χ1) is 21.7. The number of nitrogens with zero attached hydrogens (tertiary/aromatic N) is 2. The standard InChI is InChI=1S/C33H40F2N2O5.C3H8/c1-40-30-19-23(20-31(41-2)32(30)42-3)21-36-17-18-37(29(22-36)33(38)39)16-6-4-5-7-28(24-8-12-26(34)13-9-24)25-10-14-27(35)15-11-25;1-3-2/h8-15,19-20,28-29H,4-7,16-18,21-22H2,1-3H3,(H,38,39);3H2,1-2H3. The average Bonchev–Trinajstić information content (AvgIpc) is 3.04. The Morgan fingerprint density at radius 1 is 0.844 bits per heavy atom. The van der Waals surface area contributed by atoms with Gasteiger partial charge in [-0.2, -0.15) is 0 Å². The zero-order valence-corrected chi connectivity index (χ0v) is 27.2. The van der Waals surface area contributed by atoms with Crippen molar-refractivity contribution in [2.45, 2.75) is 64.5 Å². The van der Waals surface area contributed by atoms with Crippen molar-refractivity contribution >= 4 is 5.97 Å². The van der Waals surface area contributed by atoms with Crippen LogP contribution in [-0.2, 0) is 11.3 Å². The minimum Gasteiger partial charge on any atom is -0.493 e. The van der Waals surface area contributed by atoms with Crippen molar-refractivity contribution in [3.63, 3.8) is 0 Å². The van der Waals surface area contributed by atoms with Crippen molar-refractivity contribution in [3.05, 3.63) is 89.0 Å². The van der Waals surface area contributed by atoms with Gasteiger partial charge in [-0.3, -0.25) is 14.6 Å². The molecule has 1 fully saturated rings. The van der Waals surface area contributed by atoms with Crippen LogP contribution in [0.15, 0.2) is 60.7 Å². The first-order valence-corrected chi connectivity index (χ1v) is 15.7. The molecule has 0 bridgehead atoms. The van der Waals surface area contributed by atoms with Crippen LogP contribution in [0.4, 0.5) is 8.78 Å². The van der Waals surface area contributed by atoms with Gasteiger partial charge in [-0.25, -0.2) is 8.78 Å². The molecule has 1 N–H and O–H groups in total. The number of aliphatic carboxylic acids is 1. The number of ether oxygens (including phenoxy) is 3. The van der Waals surface area contributed by atoms with Crippen LogP contribution in [0.3, 0.4) is 0 Å². The normalized spacial score (nSPS) is 15.3. The van der Waals surface area contributed by atoms with E-state index in [1.807, 2.05) is 12.1 Å². The SMILES string of the molecule is CCC.COc1cc(CN2CCN(CCCCCC(c3ccc(F)cc3)c3ccc(F)cc3)C(C(=O)O)C2)cc(OC)c1OC. The van der Waals surface area contributed by atoms with Crippen LogP contribution in [0, 0.1) is 11.6 Å². The highest BCUT2D eigenvalue weighted by atomic mass is 19.1. The van der Waals surface area contributed by atoms with Crippen LogP contribution in [0.25, 0.3) is 0 Å². The summed E-state index contributed by atoms with van der Waals surface area (Å²) in [6.07, 6.45) is 4.80. The van der Waals surface area contributed by atoms with E-state index in [0.29, 0.717) is 43.4 Å². The molecule has 3 aromatic carbocycles. The van der Waals surface area contributed by atoms with E-state index in [1.165, 1.54) is 30.7 Å². The number of carboxylic acids is 1. The lowest BCUT2D eigenvalue weighted by atomic mass is 9.87. The molecule has 1 unspecified atom stereocenters. The number of methoxy groups -OCH3 is 3. The molecule has 1 aliphatic heterocycles. The summed E-state index contributed by atoms with van der Waals surface area (Å²) in [6, 6.07) is 16.2. The molecule has 0 radical (unpaired) electrons. The minimum absolute atomic E-state index is 0.0386. The molecule has 3 aromatic rings. The molecule has 1 atom stereocenters. The quantitative estimate of drug-likeness (QED) is 0.187. The number of piperazine rings is 1. The van der Waals surface area contributed by atoms with Crippen LogP contribution >= 0.6 is 0 Å². The van der Waals surface area contributed by atoms with Gasteiger partial charge in [-0.15, -0.1) is 0 Å². The van der Waals surface area contributed by atoms with Gasteiger partial charge in [0.15, 0.2) is 11.5 Å². The molecule has 246 valence electrons. The molecule has 9 heteroatoms. The second-order valence-corrected chi connectivity index (χ2v) is 11.4. The lowest BCUT2D eigenvalue weighted by molar-refractivity contribution is -0.146. The number of carbonyl (C=O) groups is 1. The predicted octanol–water partition coefficient (Wildman–Crippen LogP) is 7.37. The Morgan fingerprint density at radius 3 is 1.84 bits per heavy atom. The summed E-state index contributed by atoms with van der Waals surface area (Å²) in [5.74, 6) is 0.316. The zero-order valence-electron chi connectivity index (χ0n) is 27.2. The van der Waals surface area contributed by atoms with Crippen molar-refractivity contribution in [2.24, 2.45) is 0 Å². The number of halogens is 2. The molecule has 0 amide bonds. The fourth-order valence-corrected chi connectivity index (χ4v) is 5.76. The molecule has 1 saturated heterocycles. The summed E-state index contributed by atoms with van der Waals surface area (Å²) in [5, 5.41) is 10.0. The van der Waals surface area contributed by atoms with Gasteiger partial charge in [0, 0.05) is 32.1 Å². The van der Waals surface area contributed by atoms with Gasteiger partial charge in [0.2, 0.25) is 5.75 Å². The van der Waals surface area contributed by atoms with Crippen molar-refractivity contribution in [1.29, 1.82) is 0 Å². The number of rotatable bonds is 14. The van der Waals surface area contributed by atoms with Crippen molar-refractivity contribution in [3.8, 4) is 17.2 Å². The Bertz CT molecular complexity index is 1250. The summed E-state index contributed by atoms with van der Waals surface area (Å²) in [5.41, 5.74) is 2.95. The van der Waals surface area contributed by atoms with Crippen molar-refractivity contribution in [2.75, 3.05) is 47.5 Å². The van der Waals surface area contributed by atoms with Gasteiger partial charge in [-0.1, -0.05) is 57.4 Å². The van der Waals surface area contributed by atoms with Gasteiger partial charge in [0.1, 0.15) is 17.7 Å². The second kappa shape index (κ2) is 18.3. The summed E-state index contributed by atoms with van der Waals surface area (Å²) < 4.78 is 43.4. The maximum Gasteiger partial charge on any atom is 0.322 e. The summed E-state index contributed by atoms with van der Waals surface area (Å²) in [4.78, 5) is 16.4. The monoisotopic (exact) mass is 626 g/mol. The third-order valence-corrected chi connectivity index (χ3v) is 7.97. The van der Waals surface area contributed by atoms with Gasteiger partial charge in [0.05, 0.1) is 21.3 Å². The number of hydrogen-bond acceptors (Lipinski definition) is 6. The molecular formula is C36H48F2N2O5. The van der Waals surface area contributed by atoms with Crippen molar-refractivity contribution in [1.82, 2.24) is 9.80 Å². The van der Waals surface area contributed by atoms with E-state index >= 15 is 0 Å². The molecule has 0 spiro atoms. The fraction of sp³-hybridized carbons (Fsp3) is 0.472. The number of hydrogen-bond donors (Lipinski definition) is 1. The van der Waals surface area contributed by atoms with E-state index in [2.05, 4.69) is 23.6 Å². The lowest BCUT2D eigenvalue weighted by Gasteiger charge is -2.39. The van der Waals surface area contributed by atoms with E-state index in [9.17, 15) is 18.7 Å². The third kappa shape index (κ3) is 10.4. The summed E-state index contributed by atoms with van der Waals surface area (Å²) in [6.45, 7) is 7.35. The maximum atomic E-state index is 13.5. The molecule has 1 heterocycles. The Balaban J connectivity index is 0.00000177. The topological polar surface area (TPSA) is 71.5 Å². The Morgan fingerprint density at radius 2 is 1.38 bits per heavy atom. The first kappa shape index (κ1) is 35.8. The highest BCUT2D eigenvalue weighted by Crippen LogP contribution is 2.38. The molecule has 4 rings (SSSR count). The Hall–Kier alpha value is -3.69. The first-order valence-electron chi connectivity index (χ1n) is 15.7. The van der Waals surface area contributed by atoms with Gasteiger partial charge < -0.3 is 19.3 Å². The molecule has 0 aromatic heterocycles. The van der Waals surface area contributed by atoms with Gasteiger partial charge in [-0.05, 0) is 72.5 Å². The maximum absolute atomic E-state index is 13.5. The molecule has 45 heavy (non-hydrogen) atoms. The molecule has 0 saturated carbocycles. The van der Waals surface area contributed by atoms with Crippen molar-refractivity contribution < 1.29 is 32.9 Å². The average molecular weight is 627 g/mol. The number of unbranched alkanes of at least 4 members (excludes halogenated alkanes) is 2. The molecule has 1 aliphatic rings. The van der Waals surface area contributed by atoms with Crippen LogP contribution < -0.4 is 14.2 Å². The van der Waals surface area contributed by atoms with E-state index in [-0.39, 0.29) is 17.6 Å². The van der Waals surface area contributed by atoms with Crippen LogP contribution in [0.1, 0.15) is 68.6 Å². The van der Waals surface area contributed by atoms with E-state index < -0.39 is 12.0 Å². The second-order valence-electron chi connectivity index (χ2n) is 11.4. The van der Waals surface area contributed by atoms with Crippen LogP contribution in [0.5, 0.6) is 17.2 Å². The van der Waals surface area contributed by atoms with E-state index in [4.69, 9.17) is 14.2 Å². The van der Waals surface area contributed by atoms with Crippen LogP contribution in [-0.4, -0.2) is 74.4 Å². The number of carboxylic acid groups (broad SMARTS) is 1. The predicted molar refractivity (Wildman–Crippen MR) is 173 cm³/mol. The summed E-state index contributed by atoms with van der Waals surface area (Å²) in [7, 11) is 4.71. The number of benzene rings is 3. The van der Waals surface area contributed by atoms with E-state index in [1.54, 1.807) is 45.6 Å². The van der Waals surface area contributed by atoms with Gasteiger partial charge >= 0.3 is 5.97 Å². The Kier molecular flexibility index (Phi) is 14.6. The largest absolute Gasteiger partial charge is 0.493 e. The van der Waals surface area contributed by atoms with Gasteiger partial charge in [0.25, 0.3) is 0 Å². The van der Waals surface area contributed by atoms with Crippen LogP contribution in [0.2, 0.25) is 0 Å². The smallest absolute Gasteiger partial charge is 0.322 e. The highest BCUT2D eigenvalue weighted by Gasteiger charge is 2.32. The van der Waals surface area contributed by atoms with E-state index in [0.717, 1.165) is 48.9 Å². The molecular weight excluding hydrogens is 578 g/mol. The fourth-order valence-electron chi connectivity index (χ4n) is 5.76. The highest BCUT2D eigenvalue weighted by molar-refractivity contribution is 5.74.